The number of aromatic nitrogens is 3. The molecule has 0 aromatic carbocycles. The molecule has 0 unspecified atom stereocenters. The zero-order valence-corrected chi connectivity index (χ0v) is 8.41. The number of carboxylic acid groups (broad SMARTS) is 1. The van der Waals surface area contributed by atoms with Gasteiger partial charge in [-0.25, -0.2) is 4.98 Å². The van der Waals surface area contributed by atoms with Crippen LogP contribution < -0.4 is 5.32 Å². The van der Waals surface area contributed by atoms with Gasteiger partial charge in [0, 0.05) is 11.6 Å². The Labute approximate surface area is 89.0 Å². The molecule has 2 aromatic heterocycles. The van der Waals surface area contributed by atoms with Gasteiger partial charge >= 0.3 is 5.97 Å². The van der Waals surface area contributed by atoms with Crippen molar-refractivity contribution in [2.24, 2.45) is 0 Å². The summed E-state index contributed by atoms with van der Waals surface area (Å²) in [6, 6.07) is 0. The van der Waals surface area contributed by atoms with Gasteiger partial charge in [-0.3, -0.25) is 9.89 Å². The van der Waals surface area contributed by atoms with Crippen LogP contribution in [0.2, 0.25) is 0 Å². The van der Waals surface area contributed by atoms with E-state index in [4.69, 9.17) is 5.11 Å². The number of aliphatic carboxylic acids is 1. The standard InChI is InChI=1S/C8H8N4O2S/c13-7(14)1-5-4-15-8(11-5)12-6-2-9-10-3-6/h2-4H,1H2,(H,9,10)(H,11,12)(H,13,14). The predicted octanol–water partition coefficient (Wildman–Crippen LogP) is 1.24. The second kappa shape index (κ2) is 4.09. The van der Waals surface area contributed by atoms with E-state index in [9.17, 15) is 4.79 Å². The number of nitrogens with zero attached hydrogens (tertiary/aromatic N) is 2. The van der Waals surface area contributed by atoms with Crippen molar-refractivity contribution in [1.82, 2.24) is 15.2 Å². The molecule has 0 fully saturated rings. The predicted molar refractivity (Wildman–Crippen MR) is 55.3 cm³/mol. The highest BCUT2D eigenvalue weighted by molar-refractivity contribution is 7.13. The molecule has 7 heteroatoms. The van der Waals surface area contributed by atoms with Crippen LogP contribution >= 0.6 is 11.3 Å². The third-order valence-corrected chi connectivity index (χ3v) is 2.44. The molecule has 0 saturated carbocycles. The van der Waals surface area contributed by atoms with Crippen molar-refractivity contribution in [1.29, 1.82) is 0 Å². The number of hydrogen-bond acceptors (Lipinski definition) is 5. The highest BCUT2D eigenvalue weighted by Crippen LogP contribution is 2.19. The molecule has 0 atom stereocenters. The largest absolute Gasteiger partial charge is 0.481 e. The van der Waals surface area contributed by atoms with Crippen LogP contribution in [0, 0.1) is 0 Å². The van der Waals surface area contributed by atoms with Gasteiger partial charge < -0.3 is 10.4 Å². The van der Waals surface area contributed by atoms with Gasteiger partial charge in [-0.1, -0.05) is 0 Å². The van der Waals surface area contributed by atoms with E-state index in [-0.39, 0.29) is 6.42 Å². The third-order valence-electron chi connectivity index (χ3n) is 1.63. The fourth-order valence-corrected chi connectivity index (χ4v) is 1.77. The molecule has 0 aliphatic heterocycles. The molecule has 78 valence electrons. The highest BCUT2D eigenvalue weighted by atomic mass is 32.1. The van der Waals surface area contributed by atoms with Gasteiger partial charge in [0.05, 0.1) is 24.0 Å². The number of H-pyrrole nitrogens is 1. The van der Waals surface area contributed by atoms with E-state index < -0.39 is 5.97 Å². The van der Waals surface area contributed by atoms with Crippen molar-refractivity contribution < 1.29 is 9.90 Å². The number of rotatable bonds is 4. The molecule has 0 saturated heterocycles. The van der Waals surface area contributed by atoms with Crippen molar-refractivity contribution in [3.05, 3.63) is 23.5 Å². The van der Waals surface area contributed by atoms with Crippen molar-refractivity contribution in [2.45, 2.75) is 6.42 Å². The average Bonchev–Trinajstić information content (AvgIpc) is 2.77. The second-order valence-electron chi connectivity index (χ2n) is 2.83. The number of thiazole rings is 1. The molecule has 2 aromatic rings. The fourth-order valence-electron chi connectivity index (χ4n) is 1.04. The molecule has 0 bridgehead atoms. The summed E-state index contributed by atoms with van der Waals surface area (Å²) in [5.41, 5.74) is 1.35. The Hall–Kier alpha value is -1.89. The summed E-state index contributed by atoms with van der Waals surface area (Å²) in [5.74, 6) is -0.879. The summed E-state index contributed by atoms with van der Waals surface area (Å²) >= 11 is 1.36. The quantitative estimate of drug-likeness (QED) is 0.726. The van der Waals surface area contributed by atoms with Gasteiger partial charge in [0.15, 0.2) is 5.13 Å². The molecule has 0 aliphatic rings. The Bertz CT molecular complexity index is 451. The average molecular weight is 224 g/mol. The molecule has 15 heavy (non-hydrogen) atoms. The summed E-state index contributed by atoms with van der Waals surface area (Å²) < 4.78 is 0. The second-order valence-corrected chi connectivity index (χ2v) is 3.68. The van der Waals surface area contributed by atoms with Crippen molar-refractivity contribution in [3.63, 3.8) is 0 Å². The van der Waals surface area contributed by atoms with Gasteiger partial charge in [-0.05, 0) is 0 Å². The van der Waals surface area contributed by atoms with Crippen LogP contribution in [0.15, 0.2) is 17.8 Å². The Morgan fingerprint density at radius 1 is 1.67 bits per heavy atom. The molecule has 6 nitrogen and oxygen atoms in total. The van der Waals surface area contributed by atoms with Gasteiger partial charge in [-0.15, -0.1) is 11.3 Å². The van der Waals surface area contributed by atoms with E-state index in [1.165, 1.54) is 11.3 Å². The lowest BCUT2D eigenvalue weighted by molar-refractivity contribution is -0.136. The van der Waals surface area contributed by atoms with Crippen LogP contribution in [0.25, 0.3) is 0 Å². The molecule has 3 N–H and O–H groups in total. The van der Waals surface area contributed by atoms with Gasteiger partial charge in [-0.2, -0.15) is 5.10 Å². The third kappa shape index (κ3) is 2.53. The normalized spacial score (nSPS) is 10.1. The van der Waals surface area contributed by atoms with Crippen LogP contribution in [0.5, 0.6) is 0 Å². The lowest BCUT2D eigenvalue weighted by atomic mass is 10.3. The lowest BCUT2D eigenvalue weighted by Crippen LogP contribution is -2.00. The summed E-state index contributed by atoms with van der Waals surface area (Å²) in [5, 5.41) is 20.4. The summed E-state index contributed by atoms with van der Waals surface area (Å²) in [7, 11) is 0. The lowest BCUT2D eigenvalue weighted by Gasteiger charge is -1.95. The highest BCUT2D eigenvalue weighted by Gasteiger charge is 2.06. The van der Waals surface area contributed by atoms with E-state index in [1.807, 2.05) is 0 Å². The van der Waals surface area contributed by atoms with E-state index in [0.29, 0.717) is 10.8 Å². The maximum Gasteiger partial charge on any atom is 0.309 e. The smallest absolute Gasteiger partial charge is 0.309 e. The van der Waals surface area contributed by atoms with Crippen molar-refractivity contribution in [3.8, 4) is 0 Å². The fraction of sp³-hybridized carbons (Fsp3) is 0.125. The topological polar surface area (TPSA) is 90.9 Å². The first-order chi connectivity index (χ1) is 7.24. The van der Waals surface area contributed by atoms with E-state index in [0.717, 1.165) is 5.69 Å². The zero-order valence-electron chi connectivity index (χ0n) is 7.60. The van der Waals surface area contributed by atoms with E-state index in [1.54, 1.807) is 17.8 Å². The Kier molecular flexibility index (Phi) is 2.64. The van der Waals surface area contributed by atoms with Gasteiger partial charge in [0.25, 0.3) is 0 Å². The minimum absolute atomic E-state index is 0.0520. The van der Waals surface area contributed by atoms with Crippen LogP contribution in [0.1, 0.15) is 5.69 Å². The number of anilines is 2. The molecular weight excluding hydrogens is 216 g/mol. The summed E-state index contributed by atoms with van der Waals surface area (Å²) in [6.07, 6.45) is 3.26. The number of carboxylic acids is 1. The molecule has 2 rings (SSSR count). The molecule has 0 amide bonds. The Morgan fingerprint density at radius 3 is 3.20 bits per heavy atom. The number of carbonyl (C=O) groups is 1. The minimum atomic E-state index is -0.879. The zero-order chi connectivity index (χ0) is 10.7. The van der Waals surface area contributed by atoms with E-state index in [2.05, 4.69) is 20.5 Å². The summed E-state index contributed by atoms with van der Waals surface area (Å²) in [4.78, 5) is 14.5. The van der Waals surface area contributed by atoms with Crippen LogP contribution in [-0.4, -0.2) is 26.3 Å². The Balaban J connectivity index is 2.04. The first kappa shape index (κ1) is 9.66. The van der Waals surface area contributed by atoms with Crippen LogP contribution in [0.3, 0.4) is 0 Å². The van der Waals surface area contributed by atoms with Crippen molar-refractivity contribution in [2.75, 3.05) is 5.32 Å². The maximum absolute atomic E-state index is 10.4. The van der Waals surface area contributed by atoms with E-state index >= 15 is 0 Å². The first-order valence-corrected chi connectivity index (χ1v) is 5.04. The minimum Gasteiger partial charge on any atom is -0.481 e. The number of hydrogen-bond donors (Lipinski definition) is 3. The maximum atomic E-state index is 10.4. The van der Waals surface area contributed by atoms with Crippen LogP contribution in [0.4, 0.5) is 10.8 Å². The molecular formula is C8H8N4O2S. The number of nitrogens with one attached hydrogen (secondary N) is 2. The first-order valence-electron chi connectivity index (χ1n) is 4.16. The molecule has 0 aliphatic carbocycles. The molecule has 0 radical (unpaired) electrons. The number of aromatic amines is 1. The summed E-state index contributed by atoms with van der Waals surface area (Å²) in [6.45, 7) is 0. The molecule has 2 heterocycles. The monoisotopic (exact) mass is 224 g/mol. The molecule has 0 spiro atoms. The van der Waals surface area contributed by atoms with Crippen molar-refractivity contribution >= 4 is 28.1 Å². The van der Waals surface area contributed by atoms with Gasteiger partial charge in [0.1, 0.15) is 0 Å². The van der Waals surface area contributed by atoms with Gasteiger partial charge in [0.2, 0.25) is 0 Å². The Morgan fingerprint density at radius 2 is 2.53 bits per heavy atom. The van der Waals surface area contributed by atoms with Crippen LogP contribution in [-0.2, 0) is 11.2 Å². The SMILES string of the molecule is O=C(O)Cc1csc(Nc2cn[nH]c2)n1.